The zero-order valence-electron chi connectivity index (χ0n) is 6.43. The topological polar surface area (TPSA) is 55.0 Å². The van der Waals surface area contributed by atoms with E-state index < -0.39 is 5.97 Å². The second-order valence-corrected chi connectivity index (χ2v) is 2.51. The molecule has 5 heteroatoms. The highest BCUT2D eigenvalue weighted by atomic mass is 35.5. The first-order chi connectivity index (χ1) is 5.66. The lowest BCUT2D eigenvalue weighted by atomic mass is 10.2. The Morgan fingerprint density at radius 1 is 1.83 bits per heavy atom. The number of hydrogen-bond acceptors (Lipinski definition) is 3. The highest BCUT2D eigenvalue weighted by molar-refractivity contribution is 6.48. The predicted molar refractivity (Wildman–Crippen MR) is 44.8 cm³/mol. The molecule has 1 aromatic heterocycles. The largest absolute Gasteiger partial charge is 0.464 e. The summed E-state index contributed by atoms with van der Waals surface area (Å²) in [6.45, 7) is 3.47. The van der Waals surface area contributed by atoms with Crippen LogP contribution in [0.15, 0.2) is 12.8 Å². The van der Waals surface area contributed by atoms with Gasteiger partial charge in [0.15, 0.2) is 5.69 Å². The molecule has 0 aliphatic rings. The minimum Gasteiger partial charge on any atom is -0.464 e. The molecule has 0 aliphatic heterocycles. The molecule has 4 nitrogen and oxygen atoms in total. The van der Waals surface area contributed by atoms with Crippen molar-refractivity contribution in [1.82, 2.24) is 10.2 Å². The Kier molecular flexibility index (Phi) is 2.50. The van der Waals surface area contributed by atoms with Crippen LogP contribution in [0.4, 0.5) is 0 Å². The molecule has 1 rings (SSSR count). The molecule has 0 atom stereocenters. The average Bonchev–Trinajstić information content (AvgIpc) is 2.50. The summed E-state index contributed by atoms with van der Waals surface area (Å²) in [5.74, 6) is -0.510. The van der Waals surface area contributed by atoms with Gasteiger partial charge in [0.1, 0.15) is 0 Å². The lowest BCUT2D eigenvalue weighted by Crippen LogP contribution is -2.03. The summed E-state index contributed by atoms with van der Waals surface area (Å²) < 4.78 is 4.48. The Balaban J connectivity index is 3.07. The number of nitrogens with zero attached hydrogens (tertiary/aromatic N) is 1. The SMILES string of the molecule is C=C(Cl)c1cn[nH]c1C(=O)OC. The average molecular weight is 187 g/mol. The molecule has 0 radical (unpaired) electrons. The Bertz CT molecular complexity index is 319. The third kappa shape index (κ3) is 1.48. The molecule has 64 valence electrons. The molecule has 0 amide bonds. The molecule has 0 fully saturated rings. The monoisotopic (exact) mass is 186 g/mol. The van der Waals surface area contributed by atoms with Crippen molar-refractivity contribution in [3.63, 3.8) is 0 Å². The van der Waals surface area contributed by atoms with E-state index in [9.17, 15) is 4.79 Å². The van der Waals surface area contributed by atoms with Gasteiger partial charge in [-0.1, -0.05) is 18.2 Å². The first-order valence-electron chi connectivity index (χ1n) is 3.13. The van der Waals surface area contributed by atoms with Gasteiger partial charge in [-0.05, 0) is 0 Å². The van der Waals surface area contributed by atoms with Crippen LogP contribution in [-0.2, 0) is 4.74 Å². The van der Waals surface area contributed by atoms with Crippen LogP contribution in [0.1, 0.15) is 16.1 Å². The summed E-state index contributed by atoms with van der Waals surface area (Å²) in [5, 5.41) is 6.36. The molecule has 0 aromatic carbocycles. The number of aromatic amines is 1. The van der Waals surface area contributed by atoms with Crippen LogP contribution in [0.3, 0.4) is 0 Å². The smallest absolute Gasteiger partial charge is 0.356 e. The van der Waals surface area contributed by atoms with Crippen LogP contribution in [0.2, 0.25) is 0 Å². The van der Waals surface area contributed by atoms with Crippen molar-refractivity contribution in [2.75, 3.05) is 7.11 Å². The van der Waals surface area contributed by atoms with E-state index in [1.807, 2.05) is 0 Å². The second-order valence-electron chi connectivity index (χ2n) is 2.06. The molecule has 0 saturated carbocycles. The summed E-state index contributed by atoms with van der Waals surface area (Å²) in [7, 11) is 1.28. The van der Waals surface area contributed by atoms with Gasteiger partial charge >= 0.3 is 5.97 Å². The maximum atomic E-state index is 11.0. The molecular weight excluding hydrogens is 180 g/mol. The fourth-order valence-electron chi connectivity index (χ4n) is 0.749. The first kappa shape index (κ1) is 8.80. The zero-order chi connectivity index (χ0) is 9.14. The summed E-state index contributed by atoms with van der Waals surface area (Å²) in [4.78, 5) is 11.0. The maximum Gasteiger partial charge on any atom is 0.356 e. The molecule has 1 aromatic rings. The standard InChI is InChI=1S/C7H7ClN2O2/c1-4(8)5-3-9-10-6(5)7(11)12-2/h3H,1H2,2H3,(H,9,10). The van der Waals surface area contributed by atoms with Gasteiger partial charge in [0.05, 0.1) is 13.3 Å². The van der Waals surface area contributed by atoms with E-state index >= 15 is 0 Å². The van der Waals surface area contributed by atoms with Crippen molar-refractivity contribution in [2.24, 2.45) is 0 Å². The van der Waals surface area contributed by atoms with Crippen molar-refractivity contribution < 1.29 is 9.53 Å². The van der Waals surface area contributed by atoms with E-state index in [1.165, 1.54) is 13.3 Å². The van der Waals surface area contributed by atoms with Gasteiger partial charge in [-0.15, -0.1) is 0 Å². The highest BCUT2D eigenvalue weighted by Gasteiger charge is 2.14. The number of hydrogen-bond donors (Lipinski definition) is 1. The molecule has 1 N–H and O–H groups in total. The van der Waals surface area contributed by atoms with Gasteiger partial charge in [-0.3, -0.25) is 5.10 Å². The Morgan fingerprint density at radius 2 is 2.50 bits per heavy atom. The molecule has 0 spiro atoms. The number of methoxy groups -OCH3 is 1. The van der Waals surface area contributed by atoms with Crippen molar-refractivity contribution in [1.29, 1.82) is 0 Å². The number of carbonyl (C=O) groups excluding carboxylic acids is 1. The van der Waals surface area contributed by atoms with E-state index in [1.54, 1.807) is 0 Å². The minimum absolute atomic E-state index is 0.220. The lowest BCUT2D eigenvalue weighted by Gasteiger charge is -1.97. The number of halogens is 1. The zero-order valence-corrected chi connectivity index (χ0v) is 7.18. The fraction of sp³-hybridized carbons (Fsp3) is 0.143. The van der Waals surface area contributed by atoms with E-state index in [0.717, 1.165) is 0 Å². The third-order valence-corrected chi connectivity index (χ3v) is 1.52. The fourth-order valence-corrected chi connectivity index (χ4v) is 0.893. The van der Waals surface area contributed by atoms with E-state index in [0.29, 0.717) is 5.56 Å². The Morgan fingerprint density at radius 3 is 3.00 bits per heavy atom. The van der Waals surface area contributed by atoms with Crippen molar-refractivity contribution in [3.05, 3.63) is 24.0 Å². The normalized spacial score (nSPS) is 9.50. The van der Waals surface area contributed by atoms with Gasteiger partial charge in [0, 0.05) is 10.6 Å². The second kappa shape index (κ2) is 3.40. The van der Waals surface area contributed by atoms with Crippen molar-refractivity contribution >= 4 is 22.6 Å². The van der Waals surface area contributed by atoms with E-state index in [-0.39, 0.29) is 10.7 Å². The Labute approximate surface area is 74.2 Å². The van der Waals surface area contributed by atoms with Gasteiger partial charge < -0.3 is 4.74 Å². The van der Waals surface area contributed by atoms with Crippen LogP contribution in [0.25, 0.3) is 5.03 Å². The van der Waals surface area contributed by atoms with Crippen LogP contribution in [-0.4, -0.2) is 23.3 Å². The Hall–Kier alpha value is -1.29. The first-order valence-corrected chi connectivity index (χ1v) is 3.51. The van der Waals surface area contributed by atoms with Crippen LogP contribution in [0, 0.1) is 0 Å². The number of nitrogens with one attached hydrogen (secondary N) is 1. The molecule has 0 saturated heterocycles. The number of carbonyl (C=O) groups is 1. The molecule has 12 heavy (non-hydrogen) atoms. The van der Waals surface area contributed by atoms with Gasteiger partial charge in [0.25, 0.3) is 0 Å². The number of rotatable bonds is 2. The molecule has 0 aliphatic carbocycles. The van der Waals surface area contributed by atoms with E-state index in [2.05, 4.69) is 21.5 Å². The van der Waals surface area contributed by atoms with Crippen LogP contribution < -0.4 is 0 Å². The summed E-state index contributed by atoms with van der Waals surface area (Å²) in [5.41, 5.74) is 0.681. The number of esters is 1. The van der Waals surface area contributed by atoms with Crippen LogP contribution in [0.5, 0.6) is 0 Å². The van der Waals surface area contributed by atoms with E-state index in [4.69, 9.17) is 11.6 Å². The van der Waals surface area contributed by atoms with Gasteiger partial charge in [0.2, 0.25) is 0 Å². The number of H-pyrrole nitrogens is 1. The summed E-state index contributed by atoms with van der Waals surface area (Å²) in [6, 6.07) is 0. The summed E-state index contributed by atoms with van der Waals surface area (Å²) in [6.07, 6.45) is 1.42. The molecular formula is C7H7ClN2O2. The van der Waals surface area contributed by atoms with Crippen molar-refractivity contribution in [3.8, 4) is 0 Å². The van der Waals surface area contributed by atoms with Crippen molar-refractivity contribution in [2.45, 2.75) is 0 Å². The third-order valence-electron chi connectivity index (χ3n) is 1.32. The lowest BCUT2D eigenvalue weighted by molar-refractivity contribution is 0.0593. The molecule has 0 unspecified atom stereocenters. The molecule has 0 bridgehead atoms. The van der Waals surface area contributed by atoms with Gasteiger partial charge in [-0.25, -0.2) is 4.79 Å². The number of ether oxygens (including phenoxy) is 1. The summed E-state index contributed by atoms with van der Waals surface area (Å²) >= 11 is 5.59. The quantitative estimate of drug-likeness (QED) is 0.711. The highest BCUT2D eigenvalue weighted by Crippen LogP contribution is 2.18. The maximum absolute atomic E-state index is 11.0. The minimum atomic E-state index is -0.510. The predicted octanol–water partition coefficient (Wildman–Crippen LogP) is 1.41. The number of aromatic nitrogens is 2. The van der Waals surface area contributed by atoms with Gasteiger partial charge in [-0.2, -0.15) is 5.10 Å². The molecule has 1 heterocycles. The van der Waals surface area contributed by atoms with Crippen LogP contribution >= 0.6 is 11.6 Å².